The quantitative estimate of drug-likeness (QED) is 0.837. The Balaban J connectivity index is 2.11. The number of hydrogen-bond acceptors (Lipinski definition) is 1. The van der Waals surface area contributed by atoms with Gasteiger partial charge in [-0.15, -0.1) is 0 Å². The van der Waals surface area contributed by atoms with Gasteiger partial charge < -0.3 is 10.2 Å². The molecular weight excluding hydrogens is 309 g/mol. The third kappa shape index (κ3) is 5.37. The lowest BCUT2D eigenvalue weighted by Crippen LogP contribution is -2.40. The molecule has 0 aromatic heterocycles. The van der Waals surface area contributed by atoms with Crippen LogP contribution in [-0.2, 0) is 6.54 Å². The summed E-state index contributed by atoms with van der Waals surface area (Å²) in [5.41, 5.74) is 1.43. The first-order valence-electron chi connectivity index (χ1n) is 6.66. The van der Waals surface area contributed by atoms with Crippen LogP contribution in [0.15, 0.2) is 60.7 Å². The van der Waals surface area contributed by atoms with E-state index in [9.17, 15) is 13.2 Å². The van der Waals surface area contributed by atoms with Crippen molar-refractivity contribution in [3.8, 4) is 0 Å². The van der Waals surface area contributed by atoms with E-state index < -0.39 is 12.7 Å². The van der Waals surface area contributed by atoms with E-state index >= 15 is 0 Å². The molecule has 0 bridgehead atoms. The number of thiocarbonyl (C=S) groups is 1. The van der Waals surface area contributed by atoms with Gasteiger partial charge in [0.25, 0.3) is 0 Å². The minimum absolute atomic E-state index is 0.0485. The van der Waals surface area contributed by atoms with Crippen molar-refractivity contribution in [2.24, 2.45) is 0 Å². The Hall–Kier alpha value is -2.08. The third-order valence-corrected chi connectivity index (χ3v) is 3.26. The lowest BCUT2D eigenvalue weighted by Gasteiger charge is -2.27. The minimum Gasteiger partial charge on any atom is -0.336 e. The molecule has 1 N–H and O–H groups in total. The number of para-hydroxylation sites is 1. The predicted octanol–water partition coefficient (Wildman–Crippen LogP) is 4.45. The van der Waals surface area contributed by atoms with Gasteiger partial charge in [-0.3, -0.25) is 0 Å². The number of alkyl halides is 3. The molecule has 0 amide bonds. The lowest BCUT2D eigenvalue weighted by molar-refractivity contribution is -0.138. The summed E-state index contributed by atoms with van der Waals surface area (Å²) in [5.74, 6) is 0. The van der Waals surface area contributed by atoms with Gasteiger partial charge in [-0.25, -0.2) is 0 Å². The summed E-state index contributed by atoms with van der Waals surface area (Å²) in [5, 5.41) is 2.89. The van der Waals surface area contributed by atoms with Crippen molar-refractivity contribution in [2.45, 2.75) is 12.7 Å². The van der Waals surface area contributed by atoms with Gasteiger partial charge in [0.05, 0.1) is 0 Å². The summed E-state index contributed by atoms with van der Waals surface area (Å²) in [6, 6.07) is 17.8. The second-order valence-electron chi connectivity index (χ2n) is 4.75. The third-order valence-electron chi connectivity index (χ3n) is 2.90. The Morgan fingerprint density at radius 1 is 0.955 bits per heavy atom. The van der Waals surface area contributed by atoms with E-state index in [2.05, 4.69) is 5.32 Å². The number of nitrogens with one attached hydrogen (secondary N) is 1. The fourth-order valence-corrected chi connectivity index (χ4v) is 2.19. The highest BCUT2D eigenvalue weighted by molar-refractivity contribution is 7.80. The Labute approximate surface area is 132 Å². The van der Waals surface area contributed by atoms with Gasteiger partial charge in [-0.2, -0.15) is 13.2 Å². The maximum absolute atomic E-state index is 12.8. The van der Waals surface area contributed by atoms with Gasteiger partial charge in [0.15, 0.2) is 5.11 Å². The molecule has 0 saturated carbocycles. The van der Waals surface area contributed by atoms with Crippen LogP contribution in [0.1, 0.15) is 5.56 Å². The van der Waals surface area contributed by atoms with Gasteiger partial charge in [0.1, 0.15) is 6.54 Å². The molecule has 0 aliphatic carbocycles. The van der Waals surface area contributed by atoms with Gasteiger partial charge in [-0.1, -0.05) is 48.5 Å². The second-order valence-corrected chi connectivity index (χ2v) is 5.14. The summed E-state index contributed by atoms with van der Waals surface area (Å²) in [4.78, 5) is 1.11. The van der Waals surface area contributed by atoms with Crippen LogP contribution in [0.4, 0.5) is 18.9 Å². The molecule has 22 heavy (non-hydrogen) atoms. The van der Waals surface area contributed by atoms with Crippen molar-refractivity contribution in [1.82, 2.24) is 4.90 Å². The largest absolute Gasteiger partial charge is 0.406 e. The van der Waals surface area contributed by atoms with Crippen molar-refractivity contribution >= 4 is 23.0 Å². The summed E-state index contributed by atoms with van der Waals surface area (Å²) in [6.45, 7) is -1.00. The van der Waals surface area contributed by atoms with E-state index in [1.165, 1.54) is 0 Å². The molecule has 0 aliphatic heterocycles. The molecule has 2 aromatic carbocycles. The molecule has 0 fully saturated rings. The molecule has 0 saturated heterocycles. The summed E-state index contributed by atoms with van der Waals surface area (Å²) < 4.78 is 38.3. The average Bonchev–Trinajstić information content (AvgIpc) is 2.47. The molecule has 0 spiro atoms. The van der Waals surface area contributed by atoms with Crippen LogP contribution < -0.4 is 5.32 Å². The standard InChI is InChI=1S/C16H15F3N2S/c17-16(18,19)12-21(11-13-7-3-1-4-8-13)15(22)20-14-9-5-2-6-10-14/h1-10H,11-12H2,(H,20,22). The van der Waals surface area contributed by atoms with Crippen molar-refractivity contribution in [2.75, 3.05) is 11.9 Å². The van der Waals surface area contributed by atoms with Crippen LogP contribution in [0, 0.1) is 0 Å². The second kappa shape index (κ2) is 7.26. The molecule has 2 nitrogen and oxygen atoms in total. The van der Waals surface area contributed by atoms with Gasteiger partial charge >= 0.3 is 6.18 Å². The number of rotatable bonds is 4. The molecule has 0 heterocycles. The smallest absolute Gasteiger partial charge is 0.336 e. The Kier molecular flexibility index (Phi) is 5.38. The molecule has 0 unspecified atom stereocenters. The molecule has 0 aliphatic rings. The molecule has 6 heteroatoms. The fraction of sp³-hybridized carbons (Fsp3) is 0.188. The van der Waals surface area contributed by atoms with Crippen molar-refractivity contribution < 1.29 is 13.2 Å². The minimum atomic E-state index is -4.32. The van der Waals surface area contributed by atoms with E-state index in [-0.39, 0.29) is 11.7 Å². The topological polar surface area (TPSA) is 15.3 Å². The maximum atomic E-state index is 12.8. The zero-order valence-electron chi connectivity index (χ0n) is 11.7. The maximum Gasteiger partial charge on any atom is 0.406 e. The normalized spacial score (nSPS) is 11.0. The number of nitrogens with zero attached hydrogens (tertiary/aromatic N) is 1. The predicted molar refractivity (Wildman–Crippen MR) is 85.6 cm³/mol. The molecular formula is C16H15F3N2S. The highest BCUT2D eigenvalue weighted by Gasteiger charge is 2.32. The van der Waals surface area contributed by atoms with Crippen LogP contribution in [-0.4, -0.2) is 22.7 Å². The average molecular weight is 324 g/mol. The molecule has 116 valence electrons. The first-order valence-corrected chi connectivity index (χ1v) is 7.06. The van der Waals surface area contributed by atoms with Gasteiger partial charge in [-0.05, 0) is 29.9 Å². The van der Waals surface area contributed by atoms with Crippen molar-refractivity contribution in [3.05, 3.63) is 66.2 Å². The number of hydrogen-bond donors (Lipinski definition) is 1. The zero-order chi connectivity index (χ0) is 16.0. The number of anilines is 1. The fourth-order valence-electron chi connectivity index (χ4n) is 1.94. The Morgan fingerprint density at radius 2 is 1.50 bits per heavy atom. The summed E-state index contributed by atoms with van der Waals surface area (Å²) in [6.07, 6.45) is -4.32. The Morgan fingerprint density at radius 3 is 2.05 bits per heavy atom. The van der Waals surface area contributed by atoms with E-state index in [1.807, 2.05) is 12.1 Å². The van der Waals surface area contributed by atoms with Crippen LogP contribution >= 0.6 is 12.2 Å². The number of benzene rings is 2. The van der Waals surface area contributed by atoms with Gasteiger partial charge in [0, 0.05) is 12.2 Å². The first kappa shape index (κ1) is 16.3. The van der Waals surface area contributed by atoms with Crippen LogP contribution in [0.5, 0.6) is 0 Å². The van der Waals surface area contributed by atoms with Gasteiger partial charge in [0.2, 0.25) is 0 Å². The highest BCUT2D eigenvalue weighted by atomic mass is 32.1. The van der Waals surface area contributed by atoms with Crippen LogP contribution in [0.25, 0.3) is 0 Å². The molecule has 0 atom stereocenters. The monoisotopic (exact) mass is 324 g/mol. The van der Waals surface area contributed by atoms with Crippen molar-refractivity contribution in [3.63, 3.8) is 0 Å². The first-order chi connectivity index (χ1) is 10.4. The summed E-state index contributed by atoms with van der Waals surface area (Å²) in [7, 11) is 0. The van der Waals surface area contributed by atoms with Crippen molar-refractivity contribution in [1.29, 1.82) is 0 Å². The zero-order valence-corrected chi connectivity index (χ0v) is 12.5. The Bertz CT molecular complexity index is 600. The van der Waals surface area contributed by atoms with E-state index in [4.69, 9.17) is 12.2 Å². The van der Waals surface area contributed by atoms with Crippen LogP contribution in [0.2, 0.25) is 0 Å². The molecule has 0 radical (unpaired) electrons. The molecule has 2 aromatic rings. The SMILES string of the molecule is FC(F)(F)CN(Cc1ccccc1)C(=S)Nc1ccccc1. The molecule has 2 rings (SSSR count). The van der Waals surface area contributed by atoms with E-state index in [1.54, 1.807) is 48.5 Å². The highest BCUT2D eigenvalue weighted by Crippen LogP contribution is 2.19. The van der Waals surface area contributed by atoms with Crippen LogP contribution in [0.3, 0.4) is 0 Å². The number of halogens is 3. The lowest BCUT2D eigenvalue weighted by atomic mass is 10.2. The van der Waals surface area contributed by atoms with E-state index in [0.717, 1.165) is 10.5 Å². The van der Waals surface area contributed by atoms with E-state index in [0.29, 0.717) is 5.69 Å². The summed E-state index contributed by atoms with van der Waals surface area (Å²) >= 11 is 5.14.